The Bertz CT molecular complexity index is 827. The molecule has 0 radical (unpaired) electrons. The summed E-state index contributed by atoms with van der Waals surface area (Å²) in [4.78, 5) is 23.3. The van der Waals surface area contributed by atoms with E-state index in [-0.39, 0.29) is 6.61 Å². The number of carbonyl (C=O) groups excluding carboxylic acids is 1. The number of rotatable bonds is 6. The van der Waals surface area contributed by atoms with Gasteiger partial charge >= 0.3 is 6.09 Å². The maximum Gasteiger partial charge on any atom is 0.407 e. The lowest BCUT2D eigenvalue weighted by molar-refractivity contribution is 0.140. The Morgan fingerprint density at radius 2 is 2.12 bits per heavy atom. The van der Waals surface area contributed by atoms with E-state index in [1.54, 1.807) is 6.20 Å². The van der Waals surface area contributed by atoms with Gasteiger partial charge in [-0.15, -0.1) is 0 Å². The number of hydrogen-bond acceptors (Lipinski definition) is 4. The fraction of sp³-hybridized carbons (Fsp3) is 0.167. The van der Waals surface area contributed by atoms with E-state index in [1.165, 1.54) is 0 Å². The van der Waals surface area contributed by atoms with Crippen LogP contribution in [0.4, 0.5) is 4.79 Å². The van der Waals surface area contributed by atoms with Gasteiger partial charge in [-0.3, -0.25) is 0 Å². The van der Waals surface area contributed by atoms with Gasteiger partial charge in [0.25, 0.3) is 0 Å². The first-order valence-corrected chi connectivity index (χ1v) is 7.72. The standard InChI is InChI=1S/C18H18N4O2/c23-18(24-13-14-6-2-1-3-7-14)20-10-5-4-8-15-12-21-17-16(22-15)9-11-19-17/h1-4,6-9,11-12H,5,10,13H2,(H,19,21)(H,20,23). The second-order valence-corrected chi connectivity index (χ2v) is 5.19. The predicted octanol–water partition coefficient (Wildman–Crippen LogP) is 3.29. The smallest absolute Gasteiger partial charge is 0.407 e. The number of nitrogens with one attached hydrogen (secondary N) is 2. The molecule has 2 aromatic heterocycles. The Hall–Kier alpha value is -3.15. The van der Waals surface area contributed by atoms with Crippen molar-refractivity contribution in [3.05, 3.63) is 66.1 Å². The van der Waals surface area contributed by atoms with E-state index >= 15 is 0 Å². The molecule has 3 rings (SSSR count). The first-order chi connectivity index (χ1) is 11.8. The molecule has 0 saturated carbocycles. The first kappa shape index (κ1) is 15.7. The Kier molecular flexibility index (Phi) is 5.19. The Morgan fingerprint density at radius 3 is 3.00 bits per heavy atom. The number of aromatic amines is 1. The minimum absolute atomic E-state index is 0.273. The van der Waals surface area contributed by atoms with Crippen LogP contribution in [0.25, 0.3) is 17.2 Å². The second kappa shape index (κ2) is 7.92. The van der Waals surface area contributed by atoms with Gasteiger partial charge in [0.2, 0.25) is 0 Å². The molecular formula is C18H18N4O2. The van der Waals surface area contributed by atoms with Crippen molar-refractivity contribution >= 4 is 23.3 Å². The average molecular weight is 322 g/mol. The number of hydrogen-bond donors (Lipinski definition) is 2. The van der Waals surface area contributed by atoms with E-state index in [2.05, 4.69) is 20.3 Å². The summed E-state index contributed by atoms with van der Waals surface area (Å²) in [6.07, 6.45) is 7.62. The number of amides is 1. The van der Waals surface area contributed by atoms with E-state index in [4.69, 9.17) is 4.74 Å². The summed E-state index contributed by atoms with van der Waals surface area (Å²) in [5.74, 6) is 0. The van der Waals surface area contributed by atoms with E-state index < -0.39 is 6.09 Å². The van der Waals surface area contributed by atoms with Crippen molar-refractivity contribution in [2.24, 2.45) is 0 Å². The van der Waals surface area contributed by atoms with Crippen LogP contribution in [-0.4, -0.2) is 27.6 Å². The van der Waals surface area contributed by atoms with Crippen LogP contribution in [0.15, 0.2) is 54.9 Å². The Balaban J connectivity index is 1.37. The molecule has 1 amide bonds. The van der Waals surface area contributed by atoms with E-state index in [0.717, 1.165) is 22.4 Å². The van der Waals surface area contributed by atoms with Crippen LogP contribution in [0.5, 0.6) is 0 Å². The molecule has 0 bridgehead atoms. The Morgan fingerprint density at radius 1 is 1.25 bits per heavy atom. The number of nitrogens with zero attached hydrogens (tertiary/aromatic N) is 2. The molecule has 0 aliphatic rings. The minimum Gasteiger partial charge on any atom is -0.445 e. The number of carbonyl (C=O) groups is 1. The first-order valence-electron chi connectivity index (χ1n) is 7.72. The van der Waals surface area contributed by atoms with Crippen LogP contribution in [0.2, 0.25) is 0 Å². The van der Waals surface area contributed by atoms with Crippen LogP contribution in [0.1, 0.15) is 17.7 Å². The second-order valence-electron chi connectivity index (χ2n) is 5.19. The minimum atomic E-state index is -0.416. The van der Waals surface area contributed by atoms with Gasteiger partial charge in [0.15, 0.2) is 5.65 Å². The zero-order chi connectivity index (χ0) is 16.6. The lowest BCUT2D eigenvalue weighted by atomic mass is 10.2. The number of benzene rings is 1. The molecule has 2 heterocycles. The van der Waals surface area contributed by atoms with Crippen molar-refractivity contribution < 1.29 is 9.53 Å². The van der Waals surface area contributed by atoms with E-state index in [0.29, 0.717) is 13.0 Å². The van der Waals surface area contributed by atoms with Gasteiger partial charge in [-0.2, -0.15) is 0 Å². The SMILES string of the molecule is O=C(NCCC=Cc1cnc2[nH]ccc2n1)OCc1ccccc1. The molecule has 1 aromatic carbocycles. The van der Waals surface area contributed by atoms with Gasteiger partial charge in [0.1, 0.15) is 12.1 Å². The average Bonchev–Trinajstić information content (AvgIpc) is 3.08. The largest absolute Gasteiger partial charge is 0.445 e. The van der Waals surface area contributed by atoms with E-state index in [9.17, 15) is 4.79 Å². The number of fused-ring (bicyclic) bond motifs is 1. The van der Waals surface area contributed by atoms with Crippen molar-refractivity contribution in [2.45, 2.75) is 13.0 Å². The lowest BCUT2D eigenvalue weighted by Gasteiger charge is -2.05. The summed E-state index contributed by atoms with van der Waals surface area (Å²) < 4.78 is 5.13. The Labute approximate surface area is 139 Å². The molecule has 0 spiro atoms. The third kappa shape index (κ3) is 4.42. The quantitative estimate of drug-likeness (QED) is 0.683. The maximum absolute atomic E-state index is 11.6. The highest BCUT2D eigenvalue weighted by Gasteiger charge is 2.01. The monoisotopic (exact) mass is 322 g/mol. The van der Waals surface area contributed by atoms with Crippen molar-refractivity contribution in [2.75, 3.05) is 6.54 Å². The molecule has 0 atom stereocenters. The summed E-state index contributed by atoms with van der Waals surface area (Å²) in [7, 11) is 0. The van der Waals surface area contributed by atoms with Gasteiger partial charge in [-0.05, 0) is 24.1 Å². The van der Waals surface area contributed by atoms with Gasteiger partial charge in [-0.1, -0.05) is 36.4 Å². The number of aromatic nitrogens is 3. The van der Waals surface area contributed by atoms with Gasteiger partial charge in [0, 0.05) is 12.7 Å². The van der Waals surface area contributed by atoms with Crippen molar-refractivity contribution in [3.63, 3.8) is 0 Å². The zero-order valence-electron chi connectivity index (χ0n) is 13.1. The summed E-state index contributed by atoms with van der Waals surface area (Å²) in [6.45, 7) is 0.777. The summed E-state index contributed by atoms with van der Waals surface area (Å²) in [5, 5.41) is 2.71. The number of H-pyrrole nitrogens is 1. The fourth-order valence-corrected chi connectivity index (χ4v) is 2.16. The fourth-order valence-electron chi connectivity index (χ4n) is 2.16. The van der Waals surface area contributed by atoms with Crippen molar-refractivity contribution in [1.82, 2.24) is 20.3 Å². The van der Waals surface area contributed by atoms with Crippen LogP contribution < -0.4 is 5.32 Å². The molecule has 6 nitrogen and oxygen atoms in total. The highest BCUT2D eigenvalue weighted by molar-refractivity contribution is 5.71. The van der Waals surface area contributed by atoms with Crippen LogP contribution in [0, 0.1) is 0 Å². The molecule has 0 unspecified atom stereocenters. The molecule has 0 aliphatic carbocycles. The highest BCUT2D eigenvalue weighted by atomic mass is 16.5. The van der Waals surface area contributed by atoms with Crippen LogP contribution in [-0.2, 0) is 11.3 Å². The number of alkyl carbamates (subject to hydrolysis) is 1. The highest BCUT2D eigenvalue weighted by Crippen LogP contribution is 2.07. The summed E-state index contributed by atoms with van der Waals surface area (Å²) in [6, 6.07) is 11.5. The molecular weight excluding hydrogens is 304 g/mol. The summed E-state index contributed by atoms with van der Waals surface area (Å²) >= 11 is 0. The molecule has 24 heavy (non-hydrogen) atoms. The lowest BCUT2D eigenvalue weighted by Crippen LogP contribution is -2.24. The van der Waals surface area contributed by atoms with E-state index in [1.807, 2.05) is 54.7 Å². The molecule has 2 N–H and O–H groups in total. The molecule has 6 heteroatoms. The third-order valence-electron chi connectivity index (χ3n) is 3.36. The normalized spacial score (nSPS) is 11.0. The predicted molar refractivity (Wildman–Crippen MR) is 92.2 cm³/mol. The van der Waals surface area contributed by atoms with Gasteiger partial charge in [0.05, 0.1) is 11.9 Å². The zero-order valence-corrected chi connectivity index (χ0v) is 13.1. The maximum atomic E-state index is 11.6. The van der Waals surface area contributed by atoms with Gasteiger partial charge in [-0.25, -0.2) is 14.8 Å². The van der Waals surface area contributed by atoms with Crippen molar-refractivity contribution in [1.29, 1.82) is 0 Å². The third-order valence-corrected chi connectivity index (χ3v) is 3.36. The topological polar surface area (TPSA) is 79.9 Å². The number of ether oxygens (including phenoxy) is 1. The molecule has 0 aliphatic heterocycles. The molecule has 0 fully saturated rings. The molecule has 122 valence electrons. The molecule has 3 aromatic rings. The summed E-state index contributed by atoms with van der Waals surface area (Å²) in [5.41, 5.74) is 3.36. The van der Waals surface area contributed by atoms with Crippen molar-refractivity contribution in [3.8, 4) is 0 Å². The van der Waals surface area contributed by atoms with Gasteiger partial charge < -0.3 is 15.0 Å². The molecule has 0 saturated heterocycles. The van der Waals surface area contributed by atoms with Crippen LogP contribution >= 0.6 is 0 Å². The van der Waals surface area contributed by atoms with Crippen LogP contribution in [0.3, 0.4) is 0 Å².